The number of amides is 1. The van der Waals surface area contributed by atoms with Crippen LogP contribution in [0.4, 0.5) is 4.79 Å². The molecule has 3 rings (SSSR count). The lowest BCUT2D eigenvalue weighted by atomic mass is 10.0. The van der Waals surface area contributed by atoms with Crippen LogP contribution in [0.2, 0.25) is 5.02 Å². The Morgan fingerprint density at radius 1 is 1.15 bits per heavy atom. The lowest BCUT2D eigenvalue weighted by Crippen LogP contribution is -2.57. The van der Waals surface area contributed by atoms with E-state index in [2.05, 4.69) is 25.1 Å². The van der Waals surface area contributed by atoms with E-state index in [9.17, 15) is 4.79 Å². The SMILES string of the molecule is Cc1cccc(-c2ccc(Cl)cc2OC2CN(C(=O)OC(C)(C)C)C2)c1. The zero-order chi connectivity index (χ0) is 18.9. The topological polar surface area (TPSA) is 38.8 Å². The summed E-state index contributed by atoms with van der Waals surface area (Å²) in [4.78, 5) is 13.7. The Bertz CT molecular complexity index is 807. The van der Waals surface area contributed by atoms with Gasteiger partial charge in [0.25, 0.3) is 0 Å². The molecular formula is C21H24ClNO3. The molecule has 0 saturated carbocycles. The molecule has 0 atom stereocenters. The summed E-state index contributed by atoms with van der Waals surface area (Å²) in [7, 11) is 0. The Morgan fingerprint density at radius 2 is 1.88 bits per heavy atom. The molecule has 1 aliphatic heterocycles. The fraction of sp³-hybridized carbons (Fsp3) is 0.381. The van der Waals surface area contributed by atoms with E-state index in [4.69, 9.17) is 21.1 Å². The molecule has 1 amide bonds. The third-order valence-electron chi connectivity index (χ3n) is 4.07. The van der Waals surface area contributed by atoms with Gasteiger partial charge in [-0.25, -0.2) is 4.79 Å². The molecular weight excluding hydrogens is 350 g/mol. The van der Waals surface area contributed by atoms with Crippen LogP contribution < -0.4 is 4.74 Å². The van der Waals surface area contributed by atoms with Crippen molar-refractivity contribution < 1.29 is 14.3 Å². The number of aryl methyl sites for hydroxylation is 1. The number of ether oxygens (including phenoxy) is 2. The van der Waals surface area contributed by atoms with Crippen molar-refractivity contribution in [1.82, 2.24) is 4.90 Å². The summed E-state index contributed by atoms with van der Waals surface area (Å²) < 4.78 is 11.5. The predicted molar refractivity (Wildman–Crippen MR) is 104 cm³/mol. The lowest BCUT2D eigenvalue weighted by molar-refractivity contribution is -0.0220. The minimum absolute atomic E-state index is 0.0652. The molecule has 0 aliphatic carbocycles. The predicted octanol–water partition coefficient (Wildman–Crippen LogP) is 5.31. The molecule has 26 heavy (non-hydrogen) atoms. The maximum atomic E-state index is 12.0. The normalized spacial score (nSPS) is 14.7. The molecule has 2 aromatic rings. The molecule has 0 radical (unpaired) electrons. The maximum Gasteiger partial charge on any atom is 0.410 e. The van der Waals surface area contributed by atoms with Gasteiger partial charge in [0.1, 0.15) is 17.5 Å². The second-order valence-corrected chi connectivity index (χ2v) is 8.07. The van der Waals surface area contributed by atoms with E-state index >= 15 is 0 Å². The first-order valence-electron chi connectivity index (χ1n) is 8.72. The van der Waals surface area contributed by atoms with Crippen LogP contribution in [0.15, 0.2) is 42.5 Å². The number of benzene rings is 2. The Morgan fingerprint density at radius 3 is 2.54 bits per heavy atom. The van der Waals surface area contributed by atoms with Crippen LogP contribution in [0.1, 0.15) is 26.3 Å². The molecule has 1 aliphatic rings. The minimum atomic E-state index is -0.492. The van der Waals surface area contributed by atoms with Gasteiger partial charge in [-0.2, -0.15) is 0 Å². The van der Waals surface area contributed by atoms with Crippen LogP contribution in [0.25, 0.3) is 11.1 Å². The van der Waals surface area contributed by atoms with Gasteiger partial charge in [-0.05, 0) is 51.5 Å². The summed E-state index contributed by atoms with van der Waals surface area (Å²) in [6, 6.07) is 13.9. The van der Waals surface area contributed by atoms with E-state index in [-0.39, 0.29) is 12.2 Å². The first-order valence-corrected chi connectivity index (χ1v) is 9.10. The highest BCUT2D eigenvalue weighted by Gasteiger charge is 2.35. The first-order chi connectivity index (χ1) is 12.2. The maximum absolute atomic E-state index is 12.0. The molecule has 0 spiro atoms. The summed E-state index contributed by atoms with van der Waals surface area (Å²) in [6.45, 7) is 8.66. The highest BCUT2D eigenvalue weighted by Crippen LogP contribution is 2.34. The number of rotatable bonds is 3. The summed E-state index contributed by atoms with van der Waals surface area (Å²) >= 11 is 6.17. The molecule has 5 heteroatoms. The summed E-state index contributed by atoms with van der Waals surface area (Å²) in [5, 5.41) is 0.625. The van der Waals surface area contributed by atoms with Gasteiger partial charge in [0.2, 0.25) is 0 Å². The van der Waals surface area contributed by atoms with Crippen LogP contribution >= 0.6 is 11.6 Å². The summed E-state index contributed by atoms with van der Waals surface area (Å²) in [5.41, 5.74) is 2.77. The Balaban J connectivity index is 1.70. The largest absolute Gasteiger partial charge is 0.486 e. The standard InChI is InChI=1S/C21H24ClNO3/c1-14-6-5-7-15(10-14)18-9-8-16(22)11-19(18)25-17-12-23(13-17)20(24)26-21(2,3)4/h5-11,17H,12-13H2,1-4H3. The van der Waals surface area contributed by atoms with Gasteiger partial charge >= 0.3 is 6.09 Å². The van der Waals surface area contributed by atoms with Gasteiger partial charge in [0, 0.05) is 10.6 Å². The van der Waals surface area contributed by atoms with Gasteiger partial charge in [-0.1, -0.05) is 41.4 Å². The number of carbonyl (C=O) groups is 1. The van der Waals surface area contributed by atoms with Crippen LogP contribution in [0.5, 0.6) is 5.75 Å². The molecule has 0 bridgehead atoms. The van der Waals surface area contributed by atoms with Crippen molar-refractivity contribution >= 4 is 17.7 Å². The van der Waals surface area contributed by atoms with Crippen LogP contribution in [-0.4, -0.2) is 35.8 Å². The molecule has 1 fully saturated rings. The molecule has 2 aromatic carbocycles. The average molecular weight is 374 g/mol. The van der Waals surface area contributed by atoms with Crippen molar-refractivity contribution in [2.24, 2.45) is 0 Å². The fourth-order valence-corrected chi connectivity index (χ4v) is 2.97. The molecule has 138 valence electrons. The third kappa shape index (κ3) is 4.50. The van der Waals surface area contributed by atoms with E-state index in [1.807, 2.05) is 45.0 Å². The first kappa shape index (κ1) is 18.6. The zero-order valence-corrected chi connectivity index (χ0v) is 16.3. The van der Waals surface area contributed by atoms with E-state index in [1.165, 1.54) is 5.56 Å². The third-order valence-corrected chi connectivity index (χ3v) is 4.30. The van der Waals surface area contributed by atoms with Gasteiger partial charge in [0.05, 0.1) is 13.1 Å². The average Bonchev–Trinajstić information content (AvgIpc) is 2.48. The Labute approximate surface area is 159 Å². The molecule has 4 nitrogen and oxygen atoms in total. The van der Waals surface area contributed by atoms with Crippen molar-refractivity contribution in [2.45, 2.75) is 39.4 Å². The number of hydrogen-bond donors (Lipinski definition) is 0. The Hall–Kier alpha value is -2.20. The van der Waals surface area contributed by atoms with Crippen LogP contribution in [0.3, 0.4) is 0 Å². The molecule has 1 saturated heterocycles. The van der Waals surface area contributed by atoms with Gasteiger partial charge < -0.3 is 14.4 Å². The molecule has 1 heterocycles. The minimum Gasteiger partial charge on any atom is -0.486 e. The highest BCUT2D eigenvalue weighted by atomic mass is 35.5. The number of likely N-dealkylation sites (tertiary alicyclic amines) is 1. The highest BCUT2D eigenvalue weighted by molar-refractivity contribution is 6.30. The molecule has 0 unspecified atom stereocenters. The smallest absolute Gasteiger partial charge is 0.410 e. The fourth-order valence-electron chi connectivity index (χ4n) is 2.81. The van der Waals surface area contributed by atoms with E-state index in [0.717, 1.165) is 16.9 Å². The molecule has 0 N–H and O–H groups in total. The zero-order valence-electron chi connectivity index (χ0n) is 15.6. The van der Waals surface area contributed by atoms with Crippen LogP contribution in [-0.2, 0) is 4.74 Å². The van der Waals surface area contributed by atoms with Crippen LogP contribution in [0, 0.1) is 6.92 Å². The van der Waals surface area contributed by atoms with Gasteiger partial charge in [0.15, 0.2) is 0 Å². The summed E-state index contributed by atoms with van der Waals surface area (Å²) in [6.07, 6.45) is -0.369. The lowest BCUT2D eigenvalue weighted by Gasteiger charge is -2.39. The van der Waals surface area contributed by atoms with E-state index in [0.29, 0.717) is 18.1 Å². The second-order valence-electron chi connectivity index (χ2n) is 7.64. The number of hydrogen-bond acceptors (Lipinski definition) is 3. The summed E-state index contributed by atoms with van der Waals surface area (Å²) in [5.74, 6) is 0.733. The van der Waals surface area contributed by atoms with Crippen molar-refractivity contribution in [2.75, 3.05) is 13.1 Å². The number of halogens is 1. The van der Waals surface area contributed by atoms with Crippen molar-refractivity contribution in [3.8, 4) is 16.9 Å². The van der Waals surface area contributed by atoms with Crippen molar-refractivity contribution in [1.29, 1.82) is 0 Å². The van der Waals surface area contributed by atoms with Crippen molar-refractivity contribution in [3.05, 3.63) is 53.1 Å². The quantitative estimate of drug-likeness (QED) is 0.731. The van der Waals surface area contributed by atoms with E-state index < -0.39 is 5.60 Å². The number of carbonyl (C=O) groups excluding carboxylic acids is 1. The Kier molecular flexibility index (Phi) is 5.15. The second kappa shape index (κ2) is 7.20. The number of nitrogens with zero attached hydrogens (tertiary/aromatic N) is 1. The monoisotopic (exact) mass is 373 g/mol. The molecule has 0 aromatic heterocycles. The van der Waals surface area contributed by atoms with Crippen molar-refractivity contribution in [3.63, 3.8) is 0 Å². The van der Waals surface area contributed by atoms with Gasteiger partial charge in [-0.3, -0.25) is 0 Å². The van der Waals surface area contributed by atoms with Gasteiger partial charge in [-0.15, -0.1) is 0 Å². The van der Waals surface area contributed by atoms with E-state index in [1.54, 1.807) is 4.90 Å².